The number of fused-ring (bicyclic) bond motifs is 1. The molecular weight excluding hydrogens is 456 g/mol. The lowest BCUT2D eigenvalue weighted by Gasteiger charge is -2.11. The molecule has 3 rings (SSSR count). The van der Waals surface area contributed by atoms with E-state index in [4.69, 9.17) is 0 Å². The predicted molar refractivity (Wildman–Crippen MR) is 117 cm³/mol. The van der Waals surface area contributed by atoms with Crippen molar-refractivity contribution in [1.82, 2.24) is 13.9 Å². The average molecular weight is 479 g/mol. The molecule has 3 aromatic rings. The fourth-order valence-electron chi connectivity index (χ4n) is 3.09. The number of hydrogen-bond acceptors (Lipinski definition) is 4. The summed E-state index contributed by atoms with van der Waals surface area (Å²) in [6.45, 7) is 2.68. The smallest absolute Gasteiger partial charge is 0.242 e. The summed E-state index contributed by atoms with van der Waals surface area (Å²) in [6, 6.07) is 12.4. The van der Waals surface area contributed by atoms with Crippen LogP contribution in [-0.2, 0) is 27.8 Å². The highest BCUT2D eigenvalue weighted by Crippen LogP contribution is 2.23. The van der Waals surface area contributed by atoms with Gasteiger partial charge in [0, 0.05) is 43.6 Å². The first-order valence-corrected chi connectivity index (χ1v) is 11.4. The SMILES string of the molecule is CCn1c(CCC(=O)Nc2cccc(Br)c2)nc2cc(S(=O)(=O)N(C)C)ccc21. The van der Waals surface area contributed by atoms with Gasteiger partial charge in [-0.25, -0.2) is 17.7 Å². The molecule has 1 heterocycles. The third-order valence-electron chi connectivity index (χ3n) is 4.58. The number of imidazole rings is 1. The summed E-state index contributed by atoms with van der Waals surface area (Å²) >= 11 is 3.38. The molecule has 0 saturated heterocycles. The Morgan fingerprint density at radius 3 is 2.62 bits per heavy atom. The first kappa shape index (κ1) is 21.5. The number of rotatable bonds is 7. The van der Waals surface area contributed by atoms with Crippen LogP contribution in [0.3, 0.4) is 0 Å². The number of sulfonamides is 1. The van der Waals surface area contributed by atoms with E-state index in [-0.39, 0.29) is 17.2 Å². The second kappa shape index (κ2) is 8.64. The normalized spacial score (nSPS) is 11.9. The summed E-state index contributed by atoms with van der Waals surface area (Å²) in [4.78, 5) is 17.1. The van der Waals surface area contributed by atoms with Gasteiger partial charge in [-0.1, -0.05) is 22.0 Å². The third-order valence-corrected chi connectivity index (χ3v) is 6.88. The number of carbonyl (C=O) groups excluding carboxylic acids is 1. The largest absolute Gasteiger partial charge is 0.328 e. The van der Waals surface area contributed by atoms with Crippen LogP contribution in [0.1, 0.15) is 19.2 Å². The maximum absolute atomic E-state index is 12.4. The van der Waals surface area contributed by atoms with Gasteiger partial charge < -0.3 is 9.88 Å². The number of benzene rings is 2. The van der Waals surface area contributed by atoms with Crippen molar-refractivity contribution in [3.8, 4) is 0 Å². The Bertz CT molecular complexity index is 1160. The van der Waals surface area contributed by atoms with Gasteiger partial charge in [-0.3, -0.25) is 4.79 Å². The fraction of sp³-hybridized carbons (Fsp3) is 0.300. The summed E-state index contributed by atoms with van der Waals surface area (Å²) < 4.78 is 28.9. The molecule has 0 atom stereocenters. The Morgan fingerprint density at radius 2 is 1.97 bits per heavy atom. The highest BCUT2D eigenvalue weighted by atomic mass is 79.9. The molecule has 0 aliphatic rings. The zero-order valence-electron chi connectivity index (χ0n) is 16.5. The number of anilines is 1. The third kappa shape index (κ3) is 4.68. The van der Waals surface area contributed by atoms with Crippen LogP contribution >= 0.6 is 15.9 Å². The highest BCUT2D eigenvalue weighted by molar-refractivity contribution is 9.10. The summed E-state index contributed by atoms with van der Waals surface area (Å²) in [5, 5.41) is 2.87. The van der Waals surface area contributed by atoms with Crippen molar-refractivity contribution in [3.05, 3.63) is 52.8 Å². The Morgan fingerprint density at radius 1 is 1.21 bits per heavy atom. The van der Waals surface area contributed by atoms with E-state index in [0.717, 1.165) is 21.5 Å². The van der Waals surface area contributed by atoms with Gasteiger partial charge in [-0.2, -0.15) is 0 Å². The van der Waals surface area contributed by atoms with E-state index in [1.54, 1.807) is 18.2 Å². The van der Waals surface area contributed by atoms with Gasteiger partial charge >= 0.3 is 0 Å². The van der Waals surface area contributed by atoms with Gasteiger partial charge in [-0.05, 0) is 43.3 Å². The van der Waals surface area contributed by atoms with Gasteiger partial charge in [0.1, 0.15) is 5.82 Å². The van der Waals surface area contributed by atoms with Crippen LogP contribution in [0.2, 0.25) is 0 Å². The van der Waals surface area contributed by atoms with Crippen LogP contribution < -0.4 is 5.32 Å². The van der Waals surface area contributed by atoms with E-state index in [9.17, 15) is 13.2 Å². The standard InChI is InChI=1S/C20H23BrN4O3S/c1-4-25-18-9-8-16(29(27,28)24(2)3)13-17(18)23-19(25)10-11-20(26)22-15-7-5-6-14(21)12-15/h5-9,12-13H,4,10-11H2,1-3H3,(H,22,26). The molecule has 2 aromatic carbocycles. The summed E-state index contributed by atoms with van der Waals surface area (Å²) in [5.41, 5.74) is 2.19. The monoisotopic (exact) mass is 478 g/mol. The van der Waals surface area contributed by atoms with Gasteiger partial charge in [0.05, 0.1) is 15.9 Å². The summed E-state index contributed by atoms with van der Waals surface area (Å²) in [6.07, 6.45) is 0.733. The predicted octanol–water partition coefficient (Wildman–Crippen LogP) is 3.64. The van der Waals surface area contributed by atoms with Crippen LogP contribution in [0.25, 0.3) is 11.0 Å². The van der Waals surface area contributed by atoms with Gasteiger partial charge in [0.15, 0.2) is 0 Å². The Labute approximate surface area is 178 Å². The van der Waals surface area contributed by atoms with Gasteiger partial charge in [0.25, 0.3) is 0 Å². The first-order valence-electron chi connectivity index (χ1n) is 9.19. The van der Waals surface area contributed by atoms with Crippen molar-refractivity contribution in [2.45, 2.75) is 31.2 Å². The molecular formula is C20H23BrN4O3S. The molecule has 0 unspecified atom stereocenters. The number of carbonyl (C=O) groups is 1. The fourth-order valence-corrected chi connectivity index (χ4v) is 4.41. The first-order chi connectivity index (χ1) is 13.7. The van der Waals surface area contributed by atoms with Crippen LogP contribution in [0.5, 0.6) is 0 Å². The van der Waals surface area contributed by atoms with Crippen LogP contribution in [0.15, 0.2) is 51.8 Å². The van der Waals surface area contributed by atoms with E-state index in [1.807, 2.05) is 35.8 Å². The van der Waals surface area contributed by atoms with Gasteiger partial charge in [-0.15, -0.1) is 0 Å². The minimum atomic E-state index is -3.53. The molecule has 9 heteroatoms. The molecule has 0 aliphatic heterocycles. The van der Waals surface area contributed by atoms with E-state index >= 15 is 0 Å². The van der Waals surface area contributed by atoms with E-state index < -0.39 is 10.0 Å². The number of nitrogens with one attached hydrogen (secondary N) is 1. The maximum atomic E-state index is 12.4. The number of aryl methyl sites for hydroxylation is 2. The van der Waals surface area contributed by atoms with Crippen LogP contribution in [-0.4, -0.2) is 42.3 Å². The lowest BCUT2D eigenvalue weighted by atomic mass is 10.2. The van der Waals surface area contributed by atoms with Crippen molar-refractivity contribution in [3.63, 3.8) is 0 Å². The number of hydrogen-bond donors (Lipinski definition) is 1. The van der Waals surface area contributed by atoms with Crippen molar-refractivity contribution >= 4 is 48.6 Å². The molecule has 1 aromatic heterocycles. The van der Waals surface area contributed by atoms with E-state index in [0.29, 0.717) is 18.5 Å². The molecule has 0 fully saturated rings. The lowest BCUT2D eigenvalue weighted by Crippen LogP contribution is -2.22. The summed E-state index contributed by atoms with van der Waals surface area (Å²) in [7, 11) is -0.527. The maximum Gasteiger partial charge on any atom is 0.242 e. The second-order valence-corrected chi connectivity index (χ2v) is 9.84. The van der Waals surface area contributed by atoms with Crippen molar-refractivity contribution in [1.29, 1.82) is 0 Å². The molecule has 1 amide bonds. The second-order valence-electron chi connectivity index (χ2n) is 6.77. The van der Waals surface area contributed by atoms with E-state index in [1.165, 1.54) is 18.4 Å². The molecule has 154 valence electrons. The average Bonchev–Trinajstić information content (AvgIpc) is 3.02. The zero-order valence-corrected chi connectivity index (χ0v) is 18.9. The lowest BCUT2D eigenvalue weighted by molar-refractivity contribution is -0.116. The van der Waals surface area contributed by atoms with Crippen LogP contribution in [0, 0.1) is 0 Å². The Balaban J connectivity index is 1.81. The minimum absolute atomic E-state index is 0.103. The molecule has 0 bridgehead atoms. The van der Waals surface area contributed by atoms with Crippen molar-refractivity contribution in [2.24, 2.45) is 0 Å². The molecule has 29 heavy (non-hydrogen) atoms. The minimum Gasteiger partial charge on any atom is -0.328 e. The molecule has 0 aliphatic carbocycles. The number of aromatic nitrogens is 2. The molecule has 0 saturated carbocycles. The highest BCUT2D eigenvalue weighted by Gasteiger charge is 2.19. The van der Waals surface area contributed by atoms with Crippen molar-refractivity contribution < 1.29 is 13.2 Å². The van der Waals surface area contributed by atoms with Crippen molar-refractivity contribution in [2.75, 3.05) is 19.4 Å². The molecule has 7 nitrogen and oxygen atoms in total. The number of nitrogens with zero attached hydrogens (tertiary/aromatic N) is 3. The summed E-state index contributed by atoms with van der Waals surface area (Å²) in [5.74, 6) is 0.653. The molecule has 1 N–H and O–H groups in total. The van der Waals surface area contributed by atoms with E-state index in [2.05, 4.69) is 26.2 Å². The van der Waals surface area contributed by atoms with Gasteiger partial charge in [0.2, 0.25) is 15.9 Å². The number of amides is 1. The van der Waals surface area contributed by atoms with Crippen LogP contribution in [0.4, 0.5) is 5.69 Å². The topological polar surface area (TPSA) is 84.3 Å². The Hall–Kier alpha value is -2.23. The molecule has 0 radical (unpaired) electrons. The zero-order chi connectivity index (χ0) is 21.2. The number of halogens is 1. The Kier molecular flexibility index (Phi) is 6.40. The molecule has 0 spiro atoms. The quantitative estimate of drug-likeness (QED) is 0.561.